The van der Waals surface area contributed by atoms with Gasteiger partial charge in [0.25, 0.3) is 0 Å². The number of ether oxygens (including phenoxy) is 1. The highest BCUT2D eigenvalue weighted by Gasteiger charge is 2.30. The minimum absolute atomic E-state index is 0.0974. The lowest BCUT2D eigenvalue weighted by atomic mass is 10.0. The number of esters is 1. The summed E-state index contributed by atoms with van der Waals surface area (Å²) in [7, 11) is 1.96. The number of rotatable bonds is 7. The molecule has 3 rings (SSSR count). The average molecular weight is 380 g/mol. The van der Waals surface area contributed by atoms with Crippen LogP contribution in [0.3, 0.4) is 0 Å². The lowest BCUT2D eigenvalue weighted by Gasteiger charge is -2.32. The molecule has 5 heteroatoms. The molecule has 0 aliphatic carbocycles. The first-order valence-corrected chi connectivity index (χ1v) is 9.88. The van der Waals surface area contributed by atoms with Gasteiger partial charge in [-0.3, -0.25) is 9.69 Å². The van der Waals surface area contributed by atoms with Crippen molar-refractivity contribution in [1.82, 2.24) is 10.2 Å². The molecule has 0 radical (unpaired) electrons. The molecular formula is C23H28N2O3. The van der Waals surface area contributed by atoms with Gasteiger partial charge in [0, 0.05) is 6.42 Å². The monoisotopic (exact) mass is 380 g/mol. The molecule has 5 nitrogen and oxygen atoms in total. The topological polar surface area (TPSA) is 58.6 Å². The van der Waals surface area contributed by atoms with Crippen LogP contribution in [0.2, 0.25) is 0 Å². The van der Waals surface area contributed by atoms with E-state index < -0.39 is 12.0 Å². The van der Waals surface area contributed by atoms with E-state index in [2.05, 4.69) is 10.2 Å². The summed E-state index contributed by atoms with van der Waals surface area (Å²) in [5.41, 5.74) is 1.91. The molecule has 1 saturated heterocycles. The Morgan fingerprint density at radius 2 is 1.68 bits per heavy atom. The number of nitrogens with zero attached hydrogens (tertiary/aromatic N) is 1. The van der Waals surface area contributed by atoms with Crippen molar-refractivity contribution in [1.29, 1.82) is 0 Å². The number of hydrogen-bond acceptors (Lipinski definition) is 4. The number of hydrogen-bond donors (Lipinski definition) is 1. The third kappa shape index (κ3) is 5.67. The van der Waals surface area contributed by atoms with Crippen molar-refractivity contribution in [2.24, 2.45) is 0 Å². The van der Waals surface area contributed by atoms with Crippen molar-refractivity contribution in [3.63, 3.8) is 0 Å². The number of nitrogens with one attached hydrogen (secondary N) is 1. The fourth-order valence-corrected chi connectivity index (χ4v) is 3.55. The smallest absolute Gasteiger partial charge is 0.329 e. The predicted octanol–water partition coefficient (Wildman–Crippen LogP) is 2.94. The standard InChI is InChI=1S/C23H28N2O3/c1-25-15-9-8-14-21(25)22(26)24-20(16-18-10-4-2-5-11-18)23(27)28-17-19-12-6-3-7-13-19/h2-7,10-13,20-21H,8-9,14-17H2,1H3,(H,24,26)/t20-,21-/m0/s1. The molecule has 1 aliphatic rings. The number of carbonyl (C=O) groups is 2. The summed E-state index contributed by atoms with van der Waals surface area (Å²) in [5.74, 6) is -0.501. The van der Waals surface area contributed by atoms with E-state index in [1.165, 1.54) is 0 Å². The maximum Gasteiger partial charge on any atom is 0.329 e. The number of amides is 1. The van der Waals surface area contributed by atoms with Crippen LogP contribution in [-0.2, 0) is 27.4 Å². The molecule has 1 aliphatic heterocycles. The van der Waals surface area contributed by atoms with Gasteiger partial charge >= 0.3 is 5.97 Å². The summed E-state index contributed by atoms with van der Waals surface area (Å²) in [6, 6.07) is 18.4. The van der Waals surface area contributed by atoms with Crippen LogP contribution in [0.25, 0.3) is 0 Å². The summed E-state index contributed by atoms with van der Waals surface area (Å²) in [5, 5.41) is 2.95. The Balaban J connectivity index is 1.67. The van der Waals surface area contributed by atoms with E-state index in [0.717, 1.165) is 36.9 Å². The maximum atomic E-state index is 12.8. The summed E-state index contributed by atoms with van der Waals surface area (Å²) in [6.07, 6.45) is 3.37. The second kappa shape index (κ2) is 10.0. The second-order valence-electron chi connectivity index (χ2n) is 7.34. The SMILES string of the molecule is CN1CCCC[C@H]1C(=O)N[C@@H](Cc1ccccc1)C(=O)OCc1ccccc1. The Bertz CT molecular complexity index is 764. The molecule has 0 saturated carbocycles. The maximum absolute atomic E-state index is 12.8. The highest BCUT2D eigenvalue weighted by molar-refractivity contribution is 5.87. The van der Waals surface area contributed by atoms with E-state index in [1.807, 2.05) is 67.7 Å². The molecule has 0 aromatic heterocycles. The first kappa shape index (κ1) is 20.1. The average Bonchev–Trinajstić information content (AvgIpc) is 2.73. The van der Waals surface area contributed by atoms with Gasteiger partial charge in [-0.2, -0.15) is 0 Å². The lowest BCUT2D eigenvalue weighted by molar-refractivity contribution is -0.149. The van der Waals surface area contributed by atoms with E-state index in [9.17, 15) is 9.59 Å². The van der Waals surface area contributed by atoms with E-state index in [-0.39, 0.29) is 18.6 Å². The quantitative estimate of drug-likeness (QED) is 0.751. The Morgan fingerprint density at radius 1 is 1.04 bits per heavy atom. The molecule has 1 N–H and O–H groups in total. The zero-order chi connectivity index (χ0) is 19.8. The molecule has 2 aromatic carbocycles. The van der Waals surface area contributed by atoms with Crippen LogP contribution in [0.4, 0.5) is 0 Å². The minimum atomic E-state index is -0.700. The summed E-state index contributed by atoms with van der Waals surface area (Å²) < 4.78 is 5.51. The summed E-state index contributed by atoms with van der Waals surface area (Å²) in [6.45, 7) is 1.10. The van der Waals surface area contributed by atoms with Gasteiger partial charge in [0.1, 0.15) is 12.6 Å². The fraction of sp³-hybridized carbons (Fsp3) is 0.391. The van der Waals surface area contributed by atoms with Gasteiger partial charge in [0.2, 0.25) is 5.91 Å². The Morgan fingerprint density at radius 3 is 2.32 bits per heavy atom. The third-order valence-electron chi connectivity index (χ3n) is 5.18. The van der Waals surface area contributed by atoms with E-state index in [1.54, 1.807) is 0 Å². The predicted molar refractivity (Wildman–Crippen MR) is 109 cm³/mol. The van der Waals surface area contributed by atoms with Crippen molar-refractivity contribution >= 4 is 11.9 Å². The van der Waals surface area contributed by atoms with Crippen LogP contribution in [0.1, 0.15) is 30.4 Å². The number of piperidine rings is 1. The van der Waals surface area contributed by atoms with Crippen molar-refractivity contribution in [3.05, 3.63) is 71.8 Å². The van der Waals surface area contributed by atoms with Crippen molar-refractivity contribution < 1.29 is 14.3 Å². The van der Waals surface area contributed by atoms with Gasteiger partial charge < -0.3 is 10.1 Å². The zero-order valence-corrected chi connectivity index (χ0v) is 16.3. The van der Waals surface area contributed by atoms with Gasteiger partial charge in [-0.05, 0) is 37.6 Å². The van der Waals surface area contributed by atoms with Gasteiger partial charge in [0.05, 0.1) is 6.04 Å². The molecule has 2 atom stereocenters. The van der Waals surface area contributed by atoms with Crippen molar-refractivity contribution in [2.45, 2.75) is 44.4 Å². The first-order chi connectivity index (χ1) is 13.6. The van der Waals surface area contributed by atoms with E-state index in [0.29, 0.717) is 6.42 Å². The number of carbonyl (C=O) groups excluding carboxylic acids is 2. The Hall–Kier alpha value is -2.66. The van der Waals surface area contributed by atoms with Crippen LogP contribution < -0.4 is 5.32 Å². The third-order valence-corrected chi connectivity index (χ3v) is 5.18. The highest BCUT2D eigenvalue weighted by Crippen LogP contribution is 2.16. The van der Waals surface area contributed by atoms with Gasteiger partial charge in [0.15, 0.2) is 0 Å². The molecule has 148 valence electrons. The lowest BCUT2D eigenvalue weighted by Crippen LogP contribution is -2.53. The molecule has 28 heavy (non-hydrogen) atoms. The fourth-order valence-electron chi connectivity index (χ4n) is 3.55. The Labute approximate surface area is 166 Å². The van der Waals surface area contributed by atoms with Gasteiger partial charge in [-0.1, -0.05) is 67.1 Å². The molecule has 2 aromatic rings. The van der Waals surface area contributed by atoms with E-state index in [4.69, 9.17) is 4.74 Å². The minimum Gasteiger partial charge on any atom is -0.459 e. The van der Waals surface area contributed by atoms with Gasteiger partial charge in [-0.15, -0.1) is 0 Å². The Kier molecular flexibility index (Phi) is 7.20. The van der Waals surface area contributed by atoms with Crippen LogP contribution in [0.5, 0.6) is 0 Å². The largest absolute Gasteiger partial charge is 0.459 e. The van der Waals surface area contributed by atoms with Gasteiger partial charge in [-0.25, -0.2) is 4.79 Å². The molecule has 0 spiro atoms. The normalized spacial score (nSPS) is 18.2. The molecule has 0 bridgehead atoms. The summed E-state index contributed by atoms with van der Waals surface area (Å²) in [4.78, 5) is 27.7. The molecule has 0 unspecified atom stereocenters. The van der Waals surface area contributed by atoms with Crippen LogP contribution in [0.15, 0.2) is 60.7 Å². The van der Waals surface area contributed by atoms with Crippen molar-refractivity contribution in [2.75, 3.05) is 13.6 Å². The second-order valence-corrected chi connectivity index (χ2v) is 7.34. The van der Waals surface area contributed by atoms with Crippen LogP contribution in [-0.4, -0.2) is 42.5 Å². The van der Waals surface area contributed by atoms with Crippen LogP contribution >= 0.6 is 0 Å². The molecular weight excluding hydrogens is 352 g/mol. The summed E-state index contributed by atoms with van der Waals surface area (Å²) >= 11 is 0. The molecule has 1 amide bonds. The highest BCUT2D eigenvalue weighted by atomic mass is 16.5. The van der Waals surface area contributed by atoms with Crippen molar-refractivity contribution in [3.8, 4) is 0 Å². The molecule has 1 heterocycles. The van der Waals surface area contributed by atoms with E-state index >= 15 is 0 Å². The molecule has 1 fully saturated rings. The number of benzene rings is 2. The first-order valence-electron chi connectivity index (χ1n) is 9.88. The zero-order valence-electron chi connectivity index (χ0n) is 16.3. The van der Waals surface area contributed by atoms with Crippen LogP contribution in [0, 0.1) is 0 Å². The number of likely N-dealkylation sites (N-methyl/N-ethyl adjacent to an activating group) is 1. The number of likely N-dealkylation sites (tertiary alicyclic amines) is 1.